The van der Waals surface area contributed by atoms with Gasteiger partial charge in [0.2, 0.25) is 5.91 Å². The number of piperidine rings is 1. The molecule has 3 heterocycles. The van der Waals surface area contributed by atoms with Gasteiger partial charge in [-0.05, 0) is 55.9 Å². The lowest BCUT2D eigenvalue weighted by Gasteiger charge is -2.28. The number of rotatable bonds is 5. The Morgan fingerprint density at radius 2 is 1.86 bits per heavy atom. The zero-order chi connectivity index (χ0) is 20.4. The van der Waals surface area contributed by atoms with Crippen molar-refractivity contribution in [2.75, 3.05) is 29.6 Å². The number of benzene rings is 1. The topological polar surface area (TPSA) is 101 Å². The molecule has 0 aliphatic carbocycles. The summed E-state index contributed by atoms with van der Waals surface area (Å²) < 4.78 is 0. The van der Waals surface area contributed by atoms with Crippen LogP contribution >= 0.6 is 23.1 Å². The van der Waals surface area contributed by atoms with Crippen molar-refractivity contribution in [1.82, 2.24) is 9.97 Å². The van der Waals surface area contributed by atoms with Gasteiger partial charge in [-0.1, -0.05) is 11.8 Å². The van der Waals surface area contributed by atoms with Gasteiger partial charge in [0.1, 0.15) is 10.6 Å². The maximum Gasteiger partial charge on any atom is 0.265 e. The van der Waals surface area contributed by atoms with Crippen LogP contribution in [-0.2, 0) is 0 Å². The van der Waals surface area contributed by atoms with Crippen LogP contribution in [0.5, 0.6) is 0 Å². The standard InChI is InChI=1S/C20H21N5O2S2/c1-28-20-23-17(25-9-3-2-4-10-25)14-11-15(29-19(14)24-20)18(27)22-13-7-5-12(6-8-13)16(21)26/h5-8,11H,2-4,9-10H2,1H3,(H2,21,26)(H,22,27). The maximum atomic E-state index is 12.8. The molecule has 3 N–H and O–H groups in total. The third-order valence-corrected chi connectivity index (χ3v) is 6.42. The number of nitrogens with one attached hydrogen (secondary N) is 1. The van der Waals surface area contributed by atoms with Crippen LogP contribution in [-0.4, -0.2) is 41.1 Å². The number of thiophene rings is 1. The van der Waals surface area contributed by atoms with Crippen molar-refractivity contribution >= 4 is 56.6 Å². The summed E-state index contributed by atoms with van der Waals surface area (Å²) in [4.78, 5) is 37.0. The Hall–Kier alpha value is -2.65. The summed E-state index contributed by atoms with van der Waals surface area (Å²) in [6, 6.07) is 8.38. The van der Waals surface area contributed by atoms with Crippen molar-refractivity contribution in [1.29, 1.82) is 0 Å². The molecule has 9 heteroatoms. The van der Waals surface area contributed by atoms with Gasteiger partial charge in [-0.2, -0.15) is 0 Å². The molecule has 1 aliphatic rings. The normalized spacial score (nSPS) is 14.2. The van der Waals surface area contributed by atoms with Crippen LogP contribution in [0.4, 0.5) is 11.5 Å². The Kier molecular flexibility index (Phi) is 5.68. The Balaban J connectivity index is 1.63. The van der Waals surface area contributed by atoms with Gasteiger partial charge in [-0.15, -0.1) is 11.3 Å². The number of carbonyl (C=O) groups excluding carboxylic acids is 2. The molecule has 3 aromatic rings. The van der Waals surface area contributed by atoms with Gasteiger partial charge in [0, 0.05) is 24.3 Å². The van der Waals surface area contributed by atoms with E-state index in [-0.39, 0.29) is 5.91 Å². The second-order valence-electron chi connectivity index (χ2n) is 6.81. The fourth-order valence-electron chi connectivity index (χ4n) is 3.35. The van der Waals surface area contributed by atoms with Crippen molar-refractivity contribution in [3.8, 4) is 0 Å². The van der Waals surface area contributed by atoms with Crippen LogP contribution in [0.25, 0.3) is 10.2 Å². The molecule has 0 bridgehead atoms. The molecule has 7 nitrogen and oxygen atoms in total. The quantitative estimate of drug-likeness (QED) is 0.475. The highest BCUT2D eigenvalue weighted by Gasteiger charge is 2.21. The van der Waals surface area contributed by atoms with E-state index in [4.69, 9.17) is 10.7 Å². The highest BCUT2D eigenvalue weighted by Crippen LogP contribution is 2.34. The van der Waals surface area contributed by atoms with Crippen LogP contribution < -0.4 is 16.0 Å². The van der Waals surface area contributed by atoms with Gasteiger partial charge < -0.3 is 16.0 Å². The second kappa shape index (κ2) is 8.38. The van der Waals surface area contributed by atoms with Crippen LogP contribution in [0.3, 0.4) is 0 Å². The molecular formula is C20H21N5O2S2. The summed E-state index contributed by atoms with van der Waals surface area (Å²) >= 11 is 2.87. The molecule has 0 unspecified atom stereocenters. The fourth-order valence-corrected chi connectivity index (χ4v) is 4.69. The number of amides is 2. The molecule has 1 fully saturated rings. The molecule has 0 atom stereocenters. The first-order valence-corrected chi connectivity index (χ1v) is 11.4. The lowest BCUT2D eigenvalue weighted by molar-refractivity contribution is 0.0998. The minimum absolute atomic E-state index is 0.213. The van der Waals surface area contributed by atoms with Crippen LogP contribution in [0.1, 0.15) is 39.3 Å². The maximum absolute atomic E-state index is 12.8. The first-order chi connectivity index (χ1) is 14.0. The number of aromatic nitrogens is 2. The molecule has 150 valence electrons. The van der Waals surface area contributed by atoms with E-state index >= 15 is 0 Å². The molecule has 0 radical (unpaired) electrons. The lowest BCUT2D eigenvalue weighted by Crippen LogP contribution is -2.30. The molecule has 0 saturated carbocycles. The van der Waals surface area contributed by atoms with Crippen molar-refractivity contribution in [3.63, 3.8) is 0 Å². The van der Waals surface area contributed by atoms with Gasteiger partial charge in [-0.25, -0.2) is 9.97 Å². The monoisotopic (exact) mass is 427 g/mol. The number of hydrogen-bond acceptors (Lipinski definition) is 7. The third-order valence-electron chi connectivity index (χ3n) is 4.84. The highest BCUT2D eigenvalue weighted by atomic mass is 32.2. The minimum atomic E-state index is -0.499. The van der Waals surface area contributed by atoms with E-state index < -0.39 is 5.91 Å². The predicted octanol–water partition coefficient (Wildman–Crippen LogP) is 3.75. The largest absolute Gasteiger partial charge is 0.366 e. The zero-order valence-corrected chi connectivity index (χ0v) is 17.6. The van der Waals surface area contributed by atoms with Gasteiger partial charge in [0.25, 0.3) is 5.91 Å². The minimum Gasteiger partial charge on any atom is -0.366 e. The van der Waals surface area contributed by atoms with Gasteiger partial charge in [-0.3, -0.25) is 9.59 Å². The van der Waals surface area contributed by atoms with Gasteiger partial charge in [0.15, 0.2) is 5.16 Å². The Bertz CT molecular complexity index is 1060. The fraction of sp³-hybridized carbons (Fsp3) is 0.300. The summed E-state index contributed by atoms with van der Waals surface area (Å²) in [7, 11) is 0. The number of anilines is 2. The molecular weight excluding hydrogens is 406 g/mol. The number of primary amides is 1. The van der Waals surface area contributed by atoms with E-state index in [1.807, 2.05) is 12.3 Å². The van der Waals surface area contributed by atoms with Crippen molar-refractivity contribution in [2.45, 2.75) is 24.4 Å². The SMILES string of the molecule is CSc1nc(N2CCCCC2)c2cc(C(=O)Nc3ccc(C(N)=O)cc3)sc2n1. The molecule has 2 amide bonds. The summed E-state index contributed by atoms with van der Waals surface area (Å²) in [6.07, 6.45) is 5.50. The van der Waals surface area contributed by atoms with E-state index in [2.05, 4.69) is 15.2 Å². The first kappa shape index (κ1) is 19.7. The van der Waals surface area contributed by atoms with Crippen molar-refractivity contribution < 1.29 is 9.59 Å². The number of hydrogen-bond donors (Lipinski definition) is 2. The number of thioether (sulfide) groups is 1. The van der Waals surface area contributed by atoms with Crippen LogP contribution in [0.2, 0.25) is 0 Å². The van der Waals surface area contributed by atoms with E-state index in [9.17, 15) is 9.59 Å². The number of carbonyl (C=O) groups is 2. The summed E-state index contributed by atoms with van der Waals surface area (Å²) in [5.41, 5.74) is 6.26. The summed E-state index contributed by atoms with van der Waals surface area (Å²) in [6.45, 7) is 1.95. The van der Waals surface area contributed by atoms with E-state index in [1.165, 1.54) is 29.5 Å². The second-order valence-corrected chi connectivity index (χ2v) is 8.61. The summed E-state index contributed by atoms with van der Waals surface area (Å²) in [5.74, 6) is 0.205. The average Bonchev–Trinajstić information content (AvgIpc) is 3.18. The van der Waals surface area contributed by atoms with E-state index in [1.54, 1.807) is 24.3 Å². The van der Waals surface area contributed by atoms with Crippen molar-refractivity contribution in [3.05, 3.63) is 40.8 Å². The number of nitrogens with two attached hydrogens (primary N) is 1. The third kappa shape index (κ3) is 4.20. The highest BCUT2D eigenvalue weighted by molar-refractivity contribution is 7.98. The van der Waals surface area contributed by atoms with E-state index in [0.717, 1.165) is 42.0 Å². The Morgan fingerprint density at radius 1 is 1.14 bits per heavy atom. The molecule has 29 heavy (non-hydrogen) atoms. The van der Waals surface area contributed by atoms with Crippen LogP contribution in [0, 0.1) is 0 Å². The lowest BCUT2D eigenvalue weighted by atomic mass is 10.1. The molecule has 4 rings (SSSR count). The Morgan fingerprint density at radius 3 is 2.52 bits per heavy atom. The molecule has 0 spiro atoms. The van der Waals surface area contributed by atoms with Gasteiger partial charge >= 0.3 is 0 Å². The zero-order valence-electron chi connectivity index (χ0n) is 16.0. The van der Waals surface area contributed by atoms with Crippen molar-refractivity contribution in [2.24, 2.45) is 5.73 Å². The molecule has 1 aromatic carbocycles. The Labute approximate surface area is 176 Å². The first-order valence-electron chi connectivity index (χ1n) is 9.37. The molecule has 1 aliphatic heterocycles. The number of nitrogens with zero attached hydrogens (tertiary/aromatic N) is 3. The molecule has 1 saturated heterocycles. The predicted molar refractivity (Wildman–Crippen MR) is 118 cm³/mol. The van der Waals surface area contributed by atoms with Gasteiger partial charge in [0.05, 0.1) is 10.3 Å². The van der Waals surface area contributed by atoms with E-state index in [0.29, 0.717) is 21.3 Å². The molecule has 2 aromatic heterocycles. The summed E-state index contributed by atoms with van der Waals surface area (Å²) in [5, 5.41) is 4.50. The van der Waals surface area contributed by atoms with Crippen LogP contribution in [0.15, 0.2) is 35.5 Å². The number of fused-ring (bicyclic) bond motifs is 1. The smallest absolute Gasteiger partial charge is 0.265 e. The average molecular weight is 428 g/mol.